The third kappa shape index (κ3) is 4.32. The molecule has 2 unspecified atom stereocenters. The molecule has 2 atom stereocenters. The smallest absolute Gasteiger partial charge is 0.223 e. The lowest BCUT2D eigenvalue weighted by atomic mass is 10.1. The normalized spacial score (nSPS) is 21.9. The Labute approximate surface area is 120 Å². The Balaban J connectivity index is 1.77. The van der Waals surface area contributed by atoms with E-state index in [-0.39, 0.29) is 17.9 Å². The van der Waals surface area contributed by atoms with Crippen LogP contribution in [0.1, 0.15) is 37.3 Å². The second-order valence-corrected chi connectivity index (χ2v) is 5.44. The molecule has 4 heteroatoms. The van der Waals surface area contributed by atoms with Crippen molar-refractivity contribution in [3.63, 3.8) is 0 Å². The summed E-state index contributed by atoms with van der Waals surface area (Å²) in [6.07, 6.45) is 2.70. The number of hydrogen-bond acceptors (Lipinski definition) is 3. The van der Waals surface area contributed by atoms with Crippen molar-refractivity contribution in [1.29, 1.82) is 0 Å². The minimum absolute atomic E-state index is 0.0993. The summed E-state index contributed by atoms with van der Waals surface area (Å²) < 4.78 is 5.35. The van der Waals surface area contributed by atoms with Gasteiger partial charge in [0.05, 0.1) is 6.61 Å². The zero-order chi connectivity index (χ0) is 14.4. The van der Waals surface area contributed by atoms with E-state index in [1.54, 1.807) is 0 Å². The molecule has 1 fully saturated rings. The van der Waals surface area contributed by atoms with Crippen molar-refractivity contribution in [2.75, 3.05) is 6.61 Å². The highest BCUT2D eigenvalue weighted by Crippen LogP contribution is 2.24. The summed E-state index contributed by atoms with van der Waals surface area (Å²) in [6, 6.07) is 8.36. The van der Waals surface area contributed by atoms with Crippen molar-refractivity contribution in [1.82, 2.24) is 5.32 Å². The van der Waals surface area contributed by atoms with Crippen LogP contribution in [0.4, 0.5) is 0 Å². The lowest BCUT2D eigenvalue weighted by Crippen LogP contribution is -2.29. The van der Waals surface area contributed by atoms with E-state index in [2.05, 4.69) is 5.32 Å². The molecular weight excluding hydrogens is 252 g/mol. The van der Waals surface area contributed by atoms with Crippen LogP contribution in [-0.2, 0) is 22.7 Å². The Hall–Kier alpha value is -1.39. The predicted octanol–water partition coefficient (Wildman–Crippen LogP) is 1.97. The fraction of sp³-hybridized carbons (Fsp3) is 0.562. The lowest BCUT2D eigenvalue weighted by molar-refractivity contribution is -0.125. The lowest BCUT2D eigenvalue weighted by Gasteiger charge is -2.11. The van der Waals surface area contributed by atoms with Crippen LogP contribution in [0.15, 0.2) is 24.3 Å². The molecule has 4 nitrogen and oxygen atoms in total. The molecule has 1 aliphatic carbocycles. The molecule has 0 spiro atoms. The SMILES string of the molecule is CCOCc1ccc(CNC(=O)C2CCC(N)C2)cc1. The molecule has 1 aromatic rings. The molecular formula is C16H24N2O2. The van der Waals surface area contributed by atoms with E-state index in [0.717, 1.165) is 37.0 Å². The number of amides is 1. The van der Waals surface area contributed by atoms with Crippen molar-refractivity contribution < 1.29 is 9.53 Å². The van der Waals surface area contributed by atoms with E-state index in [0.29, 0.717) is 13.2 Å². The van der Waals surface area contributed by atoms with Crippen molar-refractivity contribution in [2.45, 2.75) is 45.4 Å². The molecule has 1 aliphatic rings. The van der Waals surface area contributed by atoms with Gasteiger partial charge in [0.2, 0.25) is 5.91 Å². The summed E-state index contributed by atoms with van der Waals surface area (Å²) >= 11 is 0. The topological polar surface area (TPSA) is 64.3 Å². The highest BCUT2D eigenvalue weighted by molar-refractivity contribution is 5.79. The number of nitrogens with one attached hydrogen (secondary N) is 1. The van der Waals surface area contributed by atoms with Gasteiger partial charge in [-0.05, 0) is 37.3 Å². The van der Waals surface area contributed by atoms with Crippen LogP contribution >= 0.6 is 0 Å². The van der Waals surface area contributed by atoms with Crippen molar-refractivity contribution in [3.8, 4) is 0 Å². The maximum Gasteiger partial charge on any atom is 0.223 e. The van der Waals surface area contributed by atoms with E-state index in [9.17, 15) is 4.79 Å². The summed E-state index contributed by atoms with van der Waals surface area (Å²) in [7, 11) is 0. The van der Waals surface area contributed by atoms with Gasteiger partial charge in [-0.25, -0.2) is 0 Å². The van der Waals surface area contributed by atoms with Gasteiger partial charge in [-0.2, -0.15) is 0 Å². The van der Waals surface area contributed by atoms with Gasteiger partial charge >= 0.3 is 0 Å². The van der Waals surface area contributed by atoms with Gasteiger partial charge in [0, 0.05) is 25.1 Å². The van der Waals surface area contributed by atoms with Gasteiger partial charge in [0.25, 0.3) is 0 Å². The largest absolute Gasteiger partial charge is 0.377 e. The molecule has 110 valence electrons. The number of carbonyl (C=O) groups is 1. The fourth-order valence-electron chi connectivity index (χ4n) is 2.56. The van der Waals surface area contributed by atoms with Crippen molar-refractivity contribution in [2.24, 2.45) is 11.7 Å². The van der Waals surface area contributed by atoms with Crippen LogP contribution in [0.25, 0.3) is 0 Å². The first-order chi connectivity index (χ1) is 9.69. The monoisotopic (exact) mass is 276 g/mol. The second-order valence-electron chi connectivity index (χ2n) is 5.44. The van der Waals surface area contributed by atoms with Gasteiger partial charge in [0.1, 0.15) is 0 Å². The number of carbonyl (C=O) groups excluding carboxylic acids is 1. The summed E-state index contributed by atoms with van der Waals surface area (Å²) in [6.45, 7) is 3.93. The van der Waals surface area contributed by atoms with E-state index >= 15 is 0 Å². The highest BCUT2D eigenvalue weighted by Gasteiger charge is 2.27. The van der Waals surface area contributed by atoms with Crippen LogP contribution in [0.5, 0.6) is 0 Å². The van der Waals surface area contributed by atoms with Gasteiger partial charge in [-0.15, -0.1) is 0 Å². The average molecular weight is 276 g/mol. The molecule has 0 saturated heterocycles. The first kappa shape index (κ1) is 15.0. The van der Waals surface area contributed by atoms with Gasteiger partial charge in [-0.1, -0.05) is 24.3 Å². The van der Waals surface area contributed by atoms with E-state index in [4.69, 9.17) is 10.5 Å². The molecule has 0 aliphatic heterocycles. The number of hydrogen-bond donors (Lipinski definition) is 2. The van der Waals surface area contributed by atoms with E-state index in [1.165, 1.54) is 0 Å². The minimum atomic E-state index is 0.0993. The first-order valence-electron chi connectivity index (χ1n) is 7.38. The maximum atomic E-state index is 12.0. The quantitative estimate of drug-likeness (QED) is 0.835. The molecule has 1 saturated carbocycles. The zero-order valence-electron chi connectivity index (χ0n) is 12.1. The molecule has 1 aromatic carbocycles. The number of ether oxygens (including phenoxy) is 1. The van der Waals surface area contributed by atoms with Crippen LogP contribution in [-0.4, -0.2) is 18.6 Å². The Morgan fingerprint density at radius 1 is 1.30 bits per heavy atom. The maximum absolute atomic E-state index is 12.0. The standard InChI is InChI=1S/C16H24N2O2/c1-2-20-11-13-5-3-12(4-6-13)10-18-16(19)14-7-8-15(17)9-14/h3-6,14-15H,2,7-11,17H2,1H3,(H,18,19). The molecule has 0 heterocycles. The van der Waals surface area contributed by atoms with Gasteiger partial charge < -0.3 is 15.8 Å². The number of benzene rings is 1. The van der Waals surface area contributed by atoms with Crippen LogP contribution in [0, 0.1) is 5.92 Å². The van der Waals surface area contributed by atoms with Crippen molar-refractivity contribution >= 4 is 5.91 Å². The summed E-state index contributed by atoms with van der Waals surface area (Å²) in [5.74, 6) is 0.235. The van der Waals surface area contributed by atoms with Crippen molar-refractivity contribution in [3.05, 3.63) is 35.4 Å². The Morgan fingerprint density at radius 3 is 2.60 bits per heavy atom. The first-order valence-corrected chi connectivity index (χ1v) is 7.38. The number of rotatable bonds is 6. The van der Waals surface area contributed by atoms with Crippen LogP contribution < -0.4 is 11.1 Å². The molecule has 2 rings (SSSR count). The second kappa shape index (κ2) is 7.41. The van der Waals surface area contributed by atoms with Gasteiger partial charge in [-0.3, -0.25) is 4.79 Å². The molecule has 1 amide bonds. The third-order valence-corrected chi connectivity index (χ3v) is 3.81. The van der Waals surface area contributed by atoms with Gasteiger partial charge in [0.15, 0.2) is 0 Å². The summed E-state index contributed by atoms with van der Waals surface area (Å²) in [4.78, 5) is 12.0. The Morgan fingerprint density at radius 2 is 2.00 bits per heavy atom. The average Bonchev–Trinajstić information content (AvgIpc) is 2.90. The van der Waals surface area contributed by atoms with E-state index < -0.39 is 0 Å². The molecule has 0 radical (unpaired) electrons. The van der Waals surface area contributed by atoms with Crippen LogP contribution in [0.3, 0.4) is 0 Å². The molecule has 3 N–H and O–H groups in total. The number of nitrogens with two attached hydrogens (primary N) is 1. The minimum Gasteiger partial charge on any atom is -0.377 e. The molecule has 0 aromatic heterocycles. The Kier molecular flexibility index (Phi) is 5.56. The highest BCUT2D eigenvalue weighted by atomic mass is 16.5. The predicted molar refractivity (Wildman–Crippen MR) is 78.9 cm³/mol. The third-order valence-electron chi connectivity index (χ3n) is 3.81. The Bertz CT molecular complexity index is 431. The zero-order valence-corrected chi connectivity index (χ0v) is 12.1. The fourth-order valence-corrected chi connectivity index (χ4v) is 2.56. The van der Waals surface area contributed by atoms with Crippen LogP contribution in [0.2, 0.25) is 0 Å². The summed E-state index contributed by atoms with van der Waals surface area (Å²) in [5, 5.41) is 3.00. The molecule has 0 bridgehead atoms. The summed E-state index contributed by atoms with van der Waals surface area (Å²) in [5.41, 5.74) is 8.10. The van der Waals surface area contributed by atoms with E-state index in [1.807, 2.05) is 31.2 Å². The molecule has 20 heavy (non-hydrogen) atoms.